The summed E-state index contributed by atoms with van der Waals surface area (Å²) < 4.78 is 26.0. The number of hydrogen-bond acceptors (Lipinski definition) is 4. The summed E-state index contributed by atoms with van der Waals surface area (Å²) in [6.45, 7) is -0.168. The molecule has 0 heterocycles. The first-order valence-electron chi connectivity index (χ1n) is 4.70. The van der Waals surface area contributed by atoms with Crippen molar-refractivity contribution in [2.75, 3.05) is 13.1 Å². The lowest BCUT2D eigenvalue weighted by Crippen LogP contribution is -2.29. The van der Waals surface area contributed by atoms with Gasteiger partial charge in [0.2, 0.25) is 0 Å². The molecule has 0 saturated heterocycles. The molecule has 92 valence electrons. The van der Waals surface area contributed by atoms with E-state index in [2.05, 4.69) is 5.32 Å². The molecule has 0 aliphatic heterocycles. The molecule has 0 fully saturated rings. The number of carboxylic acid groups (broad SMARTS) is 1. The average molecular weight is 235 g/mol. The zero-order valence-electron chi connectivity index (χ0n) is 8.67. The van der Waals surface area contributed by atoms with Crippen LogP contribution in [-0.4, -0.2) is 36.4 Å². The first kappa shape index (κ1) is 14.7. The number of allylic oxidation sites excluding steroid dienone is 1. The van der Waals surface area contributed by atoms with E-state index >= 15 is 0 Å². The molecule has 0 spiro atoms. The molecule has 0 aromatic rings. The van der Waals surface area contributed by atoms with Crippen LogP contribution >= 0.6 is 0 Å². The van der Waals surface area contributed by atoms with Gasteiger partial charge in [0, 0.05) is 19.2 Å². The zero-order valence-corrected chi connectivity index (χ0v) is 8.67. The second kappa shape index (κ2) is 7.89. The number of aliphatic carboxylic acids is 1. The fourth-order valence-electron chi connectivity index (χ4n) is 0.891. The van der Waals surface area contributed by atoms with Crippen molar-refractivity contribution in [1.29, 1.82) is 5.41 Å². The van der Waals surface area contributed by atoms with Gasteiger partial charge in [-0.2, -0.15) is 0 Å². The van der Waals surface area contributed by atoms with Crippen LogP contribution in [0.15, 0.2) is 11.7 Å². The third kappa shape index (κ3) is 6.20. The van der Waals surface area contributed by atoms with E-state index in [-0.39, 0.29) is 25.9 Å². The van der Waals surface area contributed by atoms with Gasteiger partial charge in [0.15, 0.2) is 0 Å². The van der Waals surface area contributed by atoms with Crippen LogP contribution in [0.4, 0.5) is 8.78 Å². The quantitative estimate of drug-likeness (QED) is 0.365. The van der Waals surface area contributed by atoms with Crippen molar-refractivity contribution in [3.63, 3.8) is 0 Å². The molecule has 1 atom stereocenters. The van der Waals surface area contributed by atoms with E-state index in [4.69, 9.17) is 16.2 Å². The average Bonchev–Trinajstić information content (AvgIpc) is 2.25. The molecule has 0 aromatic carbocycles. The standard InChI is InChI=1S/C9H15F2N3O2/c10-6(1-2-8(13)9(15)16)7(11)5-14-4-3-12/h3,8,12,14H,1-2,4-5,13H2,(H,15,16)/b7-6-,12-3?/t8-/m0/s1. The number of halogens is 2. The Bertz CT molecular complexity index is 282. The molecule has 0 unspecified atom stereocenters. The van der Waals surface area contributed by atoms with Crippen LogP contribution in [0.5, 0.6) is 0 Å². The van der Waals surface area contributed by atoms with Crippen molar-refractivity contribution >= 4 is 12.2 Å². The molecular formula is C9H15F2N3O2. The van der Waals surface area contributed by atoms with E-state index in [1.54, 1.807) is 0 Å². The van der Waals surface area contributed by atoms with E-state index in [9.17, 15) is 13.6 Å². The predicted molar refractivity (Wildman–Crippen MR) is 55.7 cm³/mol. The number of rotatable bonds is 8. The molecule has 0 aliphatic carbocycles. The molecule has 7 heteroatoms. The Morgan fingerprint density at radius 2 is 2.12 bits per heavy atom. The highest BCUT2D eigenvalue weighted by Crippen LogP contribution is 2.14. The number of nitrogens with one attached hydrogen (secondary N) is 2. The lowest BCUT2D eigenvalue weighted by atomic mass is 10.1. The third-order valence-corrected chi connectivity index (χ3v) is 1.81. The summed E-state index contributed by atoms with van der Waals surface area (Å²) in [5.41, 5.74) is 5.13. The third-order valence-electron chi connectivity index (χ3n) is 1.81. The summed E-state index contributed by atoms with van der Waals surface area (Å²) in [4.78, 5) is 10.3. The van der Waals surface area contributed by atoms with Gasteiger partial charge in [0.25, 0.3) is 0 Å². The monoisotopic (exact) mass is 235 g/mol. The normalized spacial score (nSPS) is 14.2. The maximum absolute atomic E-state index is 13.0. The minimum Gasteiger partial charge on any atom is -0.480 e. The Balaban J connectivity index is 4.00. The number of nitrogens with two attached hydrogens (primary N) is 1. The van der Waals surface area contributed by atoms with Crippen molar-refractivity contribution < 1.29 is 18.7 Å². The number of carbonyl (C=O) groups is 1. The van der Waals surface area contributed by atoms with Crippen LogP contribution in [-0.2, 0) is 4.79 Å². The highest BCUT2D eigenvalue weighted by atomic mass is 19.2. The maximum Gasteiger partial charge on any atom is 0.320 e. The molecule has 0 radical (unpaired) electrons. The van der Waals surface area contributed by atoms with Crippen LogP contribution in [0.2, 0.25) is 0 Å². The Labute approximate surface area is 91.8 Å². The largest absolute Gasteiger partial charge is 0.480 e. The van der Waals surface area contributed by atoms with E-state index in [1.807, 2.05) is 0 Å². The zero-order chi connectivity index (χ0) is 12.6. The van der Waals surface area contributed by atoms with Crippen molar-refractivity contribution in [3.8, 4) is 0 Å². The summed E-state index contributed by atoms with van der Waals surface area (Å²) in [6, 6.07) is -1.19. The fraction of sp³-hybridized carbons (Fsp3) is 0.556. The number of carboxylic acids is 1. The molecule has 0 aromatic heterocycles. The molecule has 0 aliphatic rings. The first-order chi connectivity index (χ1) is 7.49. The highest BCUT2D eigenvalue weighted by Gasteiger charge is 2.14. The van der Waals surface area contributed by atoms with E-state index in [1.165, 1.54) is 0 Å². The molecule has 5 N–H and O–H groups in total. The van der Waals surface area contributed by atoms with Crippen molar-refractivity contribution in [2.24, 2.45) is 5.73 Å². The highest BCUT2D eigenvalue weighted by molar-refractivity contribution is 5.73. The molecule has 0 rings (SSSR count). The van der Waals surface area contributed by atoms with Crippen molar-refractivity contribution in [2.45, 2.75) is 18.9 Å². The molecular weight excluding hydrogens is 220 g/mol. The SMILES string of the molecule is N=CCNC/C(F)=C(/F)CC[C@H](N)C(=O)O. The van der Waals surface area contributed by atoms with Gasteiger partial charge in [-0.1, -0.05) is 0 Å². The van der Waals surface area contributed by atoms with Gasteiger partial charge in [-0.25, -0.2) is 8.78 Å². The lowest BCUT2D eigenvalue weighted by Gasteiger charge is -2.05. The lowest BCUT2D eigenvalue weighted by molar-refractivity contribution is -0.138. The topological polar surface area (TPSA) is 99.2 Å². The van der Waals surface area contributed by atoms with Gasteiger partial charge in [-0.15, -0.1) is 0 Å². The minimum atomic E-state index is -1.24. The molecule has 0 amide bonds. The molecule has 16 heavy (non-hydrogen) atoms. The molecule has 0 bridgehead atoms. The second-order valence-electron chi connectivity index (χ2n) is 3.13. The maximum atomic E-state index is 13.0. The van der Waals surface area contributed by atoms with Gasteiger partial charge in [-0.05, 0) is 6.42 Å². The van der Waals surface area contributed by atoms with Crippen LogP contribution in [0.1, 0.15) is 12.8 Å². The smallest absolute Gasteiger partial charge is 0.320 e. The summed E-state index contributed by atoms with van der Waals surface area (Å²) in [7, 11) is 0. The van der Waals surface area contributed by atoms with E-state index in [0.29, 0.717) is 0 Å². The Kier molecular flexibility index (Phi) is 7.23. The van der Waals surface area contributed by atoms with Gasteiger partial charge in [-0.3, -0.25) is 4.79 Å². The summed E-state index contributed by atoms with van der Waals surface area (Å²) in [6.07, 6.45) is 0.524. The Morgan fingerprint density at radius 1 is 1.50 bits per heavy atom. The van der Waals surface area contributed by atoms with Crippen LogP contribution in [0, 0.1) is 5.41 Å². The Hall–Kier alpha value is -1.34. The van der Waals surface area contributed by atoms with Crippen LogP contribution in [0.25, 0.3) is 0 Å². The molecule has 5 nitrogen and oxygen atoms in total. The minimum absolute atomic E-state index is 0.148. The van der Waals surface area contributed by atoms with E-state index < -0.39 is 23.7 Å². The summed E-state index contributed by atoms with van der Waals surface area (Å²) in [5, 5.41) is 17.5. The second-order valence-corrected chi connectivity index (χ2v) is 3.13. The summed E-state index contributed by atoms with van der Waals surface area (Å²) in [5.74, 6) is -3.23. The van der Waals surface area contributed by atoms with Gasteiger partial charge >= 0.3 is 5.97 Å². The van der Waals surface area contributed by atoms with Gasteiger partial charge in [0.05, 0.1) is 6.54 Å². The first-order valence-corrected chi connectivity index (χ1v) is 4.70. The van der Waals surface area contributed by atoms with Crippen molar-refractivity contribution in [1.82, 2.24) is 5.32 Å². The van der Waals surface area contributed by atoms with E-state index in [0.717, 1.165) is 6.21 Å². The predicted octanol–water partition coefficient (Wildman–Crippen LogP) is 0.568. The summed E-state index contributed by atoms with van der Waals surface area (Å²) >= 11 is 0. The van der Waals surface area contributed by atoms with Crippen molar-refractivity contribution in [3.05, 3.63) is 11.7 Å². The molecule has 0 saturated carbocycles. The van der Waals surface area contributed by atoms with Gasteiger partial charge < -0.3 is 21.6 Å². The fourth-order valence-corrected chi connectivity index (χ4v) is 0.891. The Morgan fingerprint density at radius 3 is 2.62 bits per heavy atom. The number of hydrogen-bond donors (Lipinski definition) is 4. The van der Waals surface area contributed by atoms with Crippen LogP contribution in [0.3, 0.4) is 0 Å². The van der Waals surface area contributed by atoms with Crippen LogP contribution < -0.4 is 11.1 Å². The van der Waals surface area contributed by atoms with Gasteiger partial charge in [0.1, 0.15) is 17.7 Å².